The Labute approximate surface area is 174 Å². The van der Waals surface area contributed by atoms with Gasteiger partial charge in [0.05, 0.1) is 5.69 Å². The van der Waals surface area contributed by atoms with E-state index in [1.54, 1.807) is 6.92 Å². The predicted molar refractivity (Wildman–Crippen MR) is 119 cm³/mol. The molecule has 0 aliphatic heterocycles. The van der Waals surface area contributed by atoms with Gasteiger partial charge in [-0.15, -0.1) is 0 Å². The Hall–Kier alpha value is -3.19. The third-order valence-corrected chi connectivity index (χ3v) is 5.49. The molecule has 0 spiro atoms. The van der Waals surface area contributed by atoms with E-state index < -0.39 is 6.03 Å². The Morgan fingerprint density at radius 1 is 0.862 bits per heavy atom. The molecule has 3 aromatic rings. The number of hydrogen-bond acceptors (Lipinski definition) is 4. The van der Waals surface area contributed by atoms with Gasteiger partial charge in [0.1, 0.15) is 4.88 Å². The number of carbonyl (C=O) groups is 2. The zero-order valence-electron chi connectivity index (χ0n) is 17.1. The van der Waals surface area contributed by atoms with Crippen LogP contribution in [-0.2, 0) is 0 Å². The van der Waals surface area contributed by atoms with Crippen molar-refractivity contribution in [1.82, 2.24) is 4.98 Å². The Balaban J connectivity index is 1.71. The minimum absolute atomic E-state index is 0.234. The van der Waals surface area contributed by atoms with Crippen LogP contribution >= 0.6 is 11.3 Å². The van der Waals surface area contributed by atoms with E-state index in [-0.39, 0.29) is 5.91 Å². The largest absolute Gasteiger partial charge is 0.325 e. The number of nitrogens with zero attached hydrogens (tertiary/aromatic N) is 1. The van der Waals surface area contributed by atoms with E-state index in [0.29, 0.717) is 21.4 Å². The lowest BCUT2D eigenvalue weighted by Crippen LogP contribution is -2.19. The SMILES string of the molecule is Cc1cccc(NC(=O)Nc2nc(C)c(C(=O)Nc3c(C)cc(C)cc3C)s2)c1. The van der Waals surface area contributed by atoms with Gasteiger partial charge in [0.2, 0.25) is 0 Å². The topological polar surface area (TPSA) is 83.1 Å². The zero-order valence-corrected chi connectivity index (χ0v) is 18.0. The number of aromatic nitrogens is 1. The molecule has 0 saturated carbocycles. The maximum atomic E-state index is 12.8. The molecule has 1 heterocycles. The molecule has 0 bridgehead atoms. The molecule has 2 aromatic carbocycles. The molecule has 29 heavy (non-hydrogen) atoms. The highest BCUT2D eigenvalue weighted by Crippen LogP contribution is 2.27. The number of hydrogen-bond donors (Lipinski definition) is 3. The van der Waals surface area contributed by atoms with E-state index in [1.807, 2.05) is 64.1 Å². The van der Waals surface area contributed by atoms with Crippen LogP contribution < -0.4 is 16.0 Å². The molecule has 0 atom stereocenters. The van der Waals surface area contributed by atoms with Crippen LogP contribution in [0.5, 0.6) is 0 Å². The Kier molecular flexibility index (Phi) is 5.98. The molecule has 0 aliphatic carbocycles. The van der Waals surface area contributed by atoms with Gasteiger partial charge in [0.25, 0.3) is 5.91 Å². The molecule has 3 N–H and O–H groups in total. The van der Waals surface area contributed by atoms with Gasteiger partial charge in [-0.1, -0.05) is 41.2 Å². The summed E-state index contributed by atoms with van der Waals surface area (Å²) >= 11 is 1.15. The molecular weight excluding hydrogens is 384 g/mol. The number of amides is 3. The van der Waals surface area contributed by atoms with Gasteiger partial charge in [0.15, 0.2) is 5.13 Å². The number of anilines is 3. The molecule has 0 unspecified atom stereocenters. The molecule has 0 fully saturated rings. The van der Waals surface area contributed by atoms with Gasteiger partial charge < -0.3 is 10.6 Å². The van der Waals surface area contributed by atoms with Crippen LogP contribution in [0.2, 0.25) is 0 Å². The Morgan fingerprint density at radius 2 is 1.55 bits per heavy atom. The summed E-state index contributed by atoms with van der Waals surface area (Å²) < 4.78 is 0. The summed E-state index contributed by atoms with van der Waals surface area (Å²) in [5, 5.41) is 8.81. The number of benzene rings is 2. The van der Waals surface area contributed by atoms with Crippen molar-refractivity contribution in [2.75, 3.05) is 16.0 Å². The average Bonchev–Trinajstić information content (AvgIpc) is 2.98. The van der Waals surface area contributed by atoms with E-state index in [0.717, 1.165) is 39.3 Å². The molecule has 150 valence electrons. The smallest absolute Gasteiger partial charge is 0.321 e. The highest BCUT2D eigenvalue weighted by molar-refractivity contribution is 7.17. The van der Waals surface area contributed by atoms with Crippen molar-refractivity contribution in [1.29, 1.82) is 0 Å². The molecular formula is C22H24N4O2S. The quantitative estimate of drug-likeness (QED) is 0.527. The van der Waals surface area contributed by atoms with Crippen LogP contribution in [0.15, 0.2) is 36.4 Å². The van der Waals surface area contributed by atoms with E-state index >= 15 is 0 Å². The van der Waals surface area contributed by atoms with Crippen molar-refractivity contribution in [3.8, 4) is 0 Å². The number of nitrogens with one attached hydrogen (secondary N) is 3. The normalized spacial score (nSPS) is 10.5. The summed E-state index contributed by atoms with van der Waals surface area (Å²) in [6, 6.07) is 11.2. The third kappa shape index (κ3) is 5.00. The first-order chi connectivity index (χ1) is 13.7. The fourth-order valence-electron chi connectivity index (χ4n) is 3.19. The lowest BCUT2D eigenvalue weighted by atomic mass is 10.1. The molecule has 6 nitrogen and oxygen atoms in total. The van der Waals surface area contributed by atoms with Gasteiger partial charge in [-0.25, -0.2) is 9.78 Å². The van der Waals surface area contributed by atoms with Crippen molar-refractivity contribution in [3.63, 3.8) is 0 Å². The fourth-order valence-corrected chi connectivity index (χ4v) is 4.05. The maximum Gasteiger partial charge on any atom is 0.325 e. The monoisotopic (exact) mass is 408 g/mol. The minimum Gasteiger partial charge on any atom is -0.321 e. The van der Waals surface area contributed by atoms with Crippen LogP contribution in [0.25, 0.3) is 0 Å². The highest BCUT2D eigenvalue weighted by atomic mass is 32.1. The second-order valence-electron chi connectivity index (χ2n) is 7.11. The Morgan fingerprint density at radius 3 is 2.21 bits per heavy atom. The van der Waals surface area contributed by atoms with Crippen molar-refractivity contribution in [3.05, 3.63) is 69.2 Å². The predicted octanol–water partition coefficient (Wildman–Crippen LogP) is 5.58. The molecule has 3 rings (SSSR count). The summed E-state index contributed by atoms with van der Waals surface area (Å²) in [6.07, 6.45) is 0. The molecule has 0 aliphatic rings. The number of rotatable bonds is 4. The fraction of sp³-hybridized carbons (Fsp3) is 0.227. The molecule has 3 amide bonds. The zero-order chi connectivity index (χ0) is 21.1. The first-order valence-corrected chi connectivity index (χ1v) is 10.1. The second-order valence-corrected chi connectivity index (χ2v) is 8.11. The van der Waals surface area contributed by atoms with Gasteiger partial charge in [-0.2, -0.15) is 0 Å². The second kappa shape index (κ2) is 8.45. The van der Waals surface area contributed by atoms with Gasteiger partial charge >= 0.3 is 6.03 Å². The van der Waals surface area contributed by atoms with Crippen molar-refractivity contribution in [2.45, 2.75) is 34.6 Å². The number of aryl methyl sites for hydroxylation is 5. The number of carbonyl (C=O) groups excluding carboxylic acids is 2. The van der Waals surface area contributed by atoms with Gasteiger partial charge in [-0.3, -0.25) is 10.1 Å². The highest BCUT2D eigenvalue weighted by Gasteiger charge is 2.18. The van der Waals surface area contributed by atoms with Crippen LogP contribution in [0.4, 0.5) is 21.3 Å². The molecule has 0 saturated heterocycles. The minimum atomic E-state index is -0.401. The van der Waals surface area contributed by atoms with E-state index in [4.69, 9.17) is 0 Å². The molecule has 0 radical (unpaired) electrons. The first-order valence-electron chi connectivity index (χ1n) is 9.24. The van der Waals surface area contributed by atoms with Crippen molar-refractivity contribution in [2.24, 2.45) is 0 Å². The van der Waals surface area contributed by atoms with Gasteiger partial charge in [0, 0.05) is 11.4 Å². The lowest BCUT2D eigenvalue weighted by molar-refractivity contribution is 0.102. The third-order valence-electron chi connectivity index (χ3n) is 4.41. The first kappa shape index (κ1) is 20.5. The summed E-state index contributed by atoms with van der Waals surface area (Å²) in [6.45, 7) is 9.67. The van der Waals surface area contributed by atoms with Gasteiger partial charge in [-0.05, 0) is 63.4 Å². The standard InChI is InChI=1S/C22H24N4O2S/c1-12-7-6-8-17(11-12)24-21(28)26-22-23-16(5)19(29-22)20(27)25-18-14(3)9-13(2)10-15(18)4/h6-11H,1-5H3,(H,25,27)(H2,23,24,26,28). The lowest BCUT2D eigenvalue weighted by Gasteiger charge is -2.12. The average molecular weight is 409 g/mol. The summed E-state index contributed by atoms with van der Waals surface area (Å²) in [5.74, 6) is -0.234. The summed E-state index contributed by atoms with van der Waals surface area (Å²) in [7, 11) is 0. The summed E-state index contributed by atoms with van der Waals surface area (Å²) in [5.41, 5.74) is 6.29. The molecule has 7 heteroatoms. The van der Waals surface area contributed by atoms with Crippen molar-refractivity contribution >= 4 is 39.8 Å². The summed E-state index contributed by atoms with van der Waals surface area (Å²) in [4.78, 5) is 29.8. The van der Waals surface area contributed by atoms with Crippen LogP contribution in [-0.4, -0.2) is 16.9 Å². The maximum absolute atomic E-state index is 12.8. The van der Waals surface area contributed by atoms with E-state index in [9.17, 15) is 9.59 Å². The number of urea groups is 1. The van der Waals surface area contributed by atoms with Crippen LogP contribution in [0, 0.1) is 34.6 Å². The van der Waals surface area contributed by atoms with Crippen molar-refractivity contribution < 1.29 is 9.59 Å². The number of thiazole rings is 1. The Bertz CT molecular complexity index is 1070. The molecule has 1 aromatic heterocycles. The van der Waals surface area contributed by atoms with Crippen LogP contribution in [0.3, 0.4) is 0 Å². The van der Waals surface area contributed by atoms with E-state index in [1.165, 1.54) is 0 Å². The van der Waals surface area contributed by atoms with Crippen LogP contribution in [0.1, 0.15) is 37.6 Å². The van der Waals surface area contributed by atoms with E-state index in [2.05, 4.69) is 20.9 Å².